The Labute approximate surface area is 346 Å². The lowest BCUT2D eigenvalue weighted by Gasteiger charge is -2.32. The molecule has 0 radical (unpaired) electrons. The molecule has 1 saturated carbocycles. The molecule has 2 aromatic rings. The van der Waals surface area contributed by atoms with Crippen LogP contribution < -0.4 is 4.90 Å². The molecule has 4 fully saturated rings. The summed E-state index contributed by atoms with van der Waals surface area (Å²) in [5, 5.41) is 5.59. The summed E-state index contributed by atoms with van der Waals surface area (Å²) >= 11 is 6.63. The van der Waals surface area contributed by atoms with E-state index in [2.05, 4.69) is 15.8 Å². The quantitative estimate of drug-likeness (QED) is 0.0641. The molecular formula is C39H61ClN5O12P. The molecule has 0 N–H and O–H groups in total. The number of terminal acetylenes is 1. The second-order valence-corrected chi connectivity index (χ2v) is 19.5. The lowest BCUT2D eigenvalue weighted by molar-refractivity contribution is -0.202. The van der Waals surface area contributed by atoms with Crippen LogP contribution in [0, 0.1) is 18.3 Å². The molecular weight excluding hydrogens is 797 g/mol. The van der Waals surface area contributed by atoms with Crippen LogP contribution in [-0.4, -0.2) is 146 Å². The molecule has 3 aliphatic heterocycles. The molecule has 4 aliphatic rings. The van der Waals surface area contributed by atoms with Gasteiger partial charge >= 0.3 is 7.60 Å². The predicted octanol–water partition coefficient (Wildman–Crippen LogP) is 5.38. The van der Waals surface area contributed by atoms with Crippen molar-refractivity contribution in [2.75, 3.05) is 83.9 Å². The Morgan fingerprint density at radius 1 is 0.897 bits per heavy atom. The molecule has 17 nitrogen and oxygen atoms in total. The number of rotatable bonds is 22. The van der Waals surface area contributed by atoms with E-state index in [1.807, 2.05) is 55.4 Å². The molecule has 326 valence electrons. The van der Waals surface area contributed by atoms with Gasteiger partial charge in [-0.25, -0.2) is 4.68 Å². The summed E-state index contributed by atoms with van der Waals surface area (Å²) in [6.45, 7) is 19.5. The maximum atomic E-state index is 13.8. The summed E-state index contributed by atoms with van der Waals surface area (Å²) < 4.78 is 80.9. The molecule has 1 aliphatic carbocycles. The average Bonchev–Trinajstić information content (AvgIpc) is 3.93. The van der Waals surface area contributed by atoms with E-state index in [1.54, 1.807) is 10.9 Å². The molecule has 6 rings (SSSR count). The lowest BCUT2D eigenvalue weighted by Crippen LogP contribution is -2.36. The van der Waals surface area contributed by atoms with Crippen molar-refractivity contribution in [3.63, 3.8) is 0 Å². The molecule has 58 heavy (non-hydrogen) atoms. The number of halogens is 1. The summed E-state index contributed by atoms with van der Waals surface area (Å²) in [6, 6.07) is 0.115. The lowest BCUT2D eigenvalue weighted by atomic mass is 10.1. The van der Waals surface area contributed by atoms with Crippen molar-refractivity contribution in [1.82, 2.24) is 19.7 Å². The molecule has 0 spiro atoms. The minimum absolute atomic E-state index is 0.0318. The molecule has 2 bridgehead atoms. The van der Waals surface area contributed by atoms with E-state index < -0.39 is 49.1 Å². The van der Waals surface area contributed by atoms with E-state index in [1.165, 1.54) is 0 Å². The fourth-order valence-electron chi connectivity index (χ4n) is 7.94. The van der Waals surface area contributed by atoms with Gasteiger partial charge in [0.25, 0.3) is 0 Å². The molecule has 2 aromatic heterocycles. The van der Waals surface area contributed by atoms with Gasteiger partial charge in [-0.2, -0.15) is 15.1 Å². The van der Waals surface area contributed by atoms with Gasteiger partial charge in [-0.05, 0) is 79.8 Å². The normalized spacial score (nSPS) is 26.9. The van der Waals surface area contributed by atoms with Crippen LogP contribution in [0.2, 0.25) is 5.28 Å². The van der Waals surface area contributed by atoms with Crippen LogP contribution in [0.3, 0.4) is 0 Å². The predicted molar refractivity (Wildman–Crippen MR) is 214 cm³/mol. The Bertz CT molecular complexity index is 1730. The number of fused-ring (bicyclic) bond motifs is 4. The van der Waals surface area contributed by atoms with Crippen molar-refractivity contribution in [2.45, 2.75) is 122 Å². The second kappa shape index (κ2) is 19.4. The molecule has 3 saturated heterocycles. The largest absolute Gasteiger partial charge is 0.377 e. The van der Waals surface area contributed by atoms with Gasteiger partial charge in [0.15, 0.2) is 17.7 Å². The summed E-state index contributed by atoms with van der Waals surface area (Å²) in [5.41, 5.74) is -0.929. The van der Waals surface area contributed by atoms with Crippen molar-refractivity contribution in [3.05, 3.63) is 11.5 Å². The zero-order valence-electron chi connectivity index (χ0n) is 35.1. The monoisotopic (exact) mass is 857 g/mol. The van der Waals surface area contributed by atoms with Gasteiger partial charge in [-0.15, -0.1) is 6.42 Å². The molecule has 19 heteroatoms. The van der Waals surface area contributed by atoms with Crippen molar-refractivity contribution in [2.24, 2.45) is 5.92 Å². The Morgan fingerprint density at radius 3 is 2.16 bits per heavy atom. The van der Waals surface area contributed by atoms with Crippen molar-refractivity contribution in [3.8, 4) is 12.3 Å². The van der Waals surface area contributed by atoms with E-state index >= 15 is 0 Å². The van der Waals surface area contributed by atoms with Crippen molar-refractivity contribution < 1.29 is 56.2 Å². The standard InChI is InChI=1S/C39H61ClN5O12P/c1-10-13-47-14-15-48-16-17-49-18-19-50-20-21-52-30-26-11-12-28(30)44(23-26)33-27-22-41-45(34(27)43-36(40)42-33)35-32-31(54-39(8,9)55-32)29(53-35)24-51-25-58(46,56-37(2,3)4)57-38(5,6)7/h1,22,26,28-32,35H,11-21,23-25H2,2-9H3/t26-,28?,29-,30-,31-,32-,35-/m1/s1. The minimum Gasteiger partial charge on any atom is -0.377 e. The van der Waals surface area contributed by atoms with E-state index in [0.29, 0.717) is 70.2 Å². The number of aromatic nitrogens is 4. The zero-order chi connectivity index (χ0) is 41.7. The first-order valence-corrected chi connectivity index (χ1v) is 22.2. The second-order valence-electron chi connectivity index (χ2n) is 17.3. The average molecular weight is 858 g/mol. The smallest absolute Gasteiger partial charge is 0.357 e. The highest BCUT2D eigenvalue weighted by Crippen LogP contribution is 2.55. The number of piperidine rings is 1. The summed E-state index contributed by atoms with van der Waals surface area (Å²) in [5.74, 6) is 2.56. The molecule has 0 aromatic carbocycles. The van der Waals surface area contributed by atoms with Crippen LogP contribution in [0.5, 0.6) is 0 Å². The number of hydrogen-bond acceptors (Lipinski definition) is 16. The maximum absolute atomic E-state index is 13.8. The molecule has 1 unspecified atom stereocenters. The van der Waals surface area contributed by atoms with Crippen molar-refractivity contribution >= 4 is 36.0 Å². The third kappa shape index (κ3) is 11.9. The van der Waals surface area contributed by atoms with Gasteiger partial charge in [0.2, 0.25) is 5.28 Å². The van der Waals surface area contributed by atoms with Crippen LogP contribution in [0.4, 0.5) is 5.82 Å². The van der Waals surface area contributed by atoms with E-state index in [-0.39, 0.29) is 37.0 Å². The van der Waals surface area contributed by atoms with Gasteiger partial charge < -0.3 is 56.6 Å². The SMILES string of the molecule is C#CCOCCOCCOCCOCCO[C@H]1C2CC[C@@H]1CN2c1nc(Cl)nc2c1cnn2[C@@H]1O[C@H](COCP(=O)(OC(C)(C)C)OC(C)(C)C)[C@H]2OC(C)(C)O[C@H]21. The summed E-state index contributed by atoms with van der Waals surface area (Å²) in [4.78, 5) is 11.6. The minimum atomic E-state index is -3.65. The topological polar surface area (TPSA) is 165 Å². The first-order valence-electron chi connectivity index (χ1n) is 20.1. The van der Waals surface area contributed by atoms with E-state index in [0.717, 1.165) is 24.8 Å². The van der Waals surface area contributed by atoms with Crippen molar-refractivity contribution in [1.29, 1.82) is 0 Å². The Kier molecular flexibility index (Phi) is 15.2. The first kappa shape index (κ1) is 45.5. The van der Waals surface area contributed by atoms with E-state index in [4.69, 9.17) is 79.8 Å². The maximum Gasteiger partial charge on any atom is 0.357 e. The molecule has 7 atom stereocenters. The number of anilines is 1. The number of hydrogen-bond donors (Lipinski definition) is 0. The van der Waals surface area contributed by atoms with Crippen LogP contribution in [0.15, 0.2) is 6.20 Å². The van der Waals surface area contributed by atoms with Gasteiger partial charge in [-0.3, -0.25) is 4.57 Å². The Morgan fingerprint density at radius 2 is 1.52 bits per heavy atom. The summed E-state index contributed by atoms with van der Waals surface area (Å²) in [7, 11) is -3.65. The zero-order valence-corrected chi connectivity index (χ0v) is 36.7. The van der Waals surface area contributed by atoms with Gasteiger partial charge in [0.05, 0.1) is 94.4 Å². The van der Waals surface area contributed by atoms with Crippen LogP contribution in [0.25, 0.3) is 11.0 Å². The Balaban J connectivity index is 1.05. The third-order valence-corrected chi connectivity index (χ3v) is 12.1. The highest BCUT2D eigenvalue weighted by Gasteiger charge is 2.57. The molecule has 0 amide bonds. The first-order chi connectivity index (χ1) is 27.5. The number of ether oxygens (including phenoxy) is 9. The van der Waals surface area contributed by atoms with Gasteiger partial charge in [0, 0.05) is 12.5 Å². The van der Waals surface area contributed by atoms with E-state index in [9.17, 15) is 4.57 Å². The fourth-order valence-corrected chi connectivity index (χ4v) is 10.2. The molecule has 5 heterocycles. The van der Waals surface area contributed by atoms with Gasteiger partial charge in [-0.1, -0.05) is 5.92 Å². The highest BCUT2D eigenvalue weighted by molar-refractivity contribution is 7.53. The highest BCUT2D eigenvalue weighted by atomic mass is 35.5. The third-order valence-electron chi connectivity index (χ3n) is 9.75. The van der Waals surface area contributed by atoms with Crippen LogP contribution >= 0.6 is 19.2 Å². The fraction of sp³-hybridized carbons (Fsp3) is 0.821. The van der Waals surface area contributed by atoms with Gasteiger partial charge in [0.1, 0.15) is 37.1 Å². The van der Waals surface area contributed by atoms with Crippen LogP contribution in [0.1, 0.15) is 74.5 Å². The Hall–Kier alpha value is -2.01. The number of nitrogens with zero attached hydrogens (tertiary/aromatic N) is 5. The summed E-state index contributed by atoms with van der Waals surface area (Å²) in [6.07, 6.45) is 6.30. The van der Waals surface area contributed by atoms with Crippen LogP contribution in [-0.2, 0) is 56.2 Å².